The zero-order valence-corrected chi connectivity index (χ0v) is 20.9. The fourth-order valence-corrected chi connectivity index (χ4v) is 4.39. The Kier molecular flexibility index (Phi) is 6.72. The molecule has 3 aromatic carbocycles. The van der Waals surface area contributed by atoms with Crippen LogP contribution in [0.3, 0.4) is 0 Å². The van der Waals surface area contributed by atoms with Crippen LogP contribution in [-0.2, 0) is 6.54 Å². The van der Waals surface area contributed by atoms with Gasteiger partial charge < -0.3 is 14.6 Å². The number of hydrogen-bond donors (Lipinski definition) is 1. The molecule has 0 saturated carbocycles. The van der Waals surface area contributed by atoms with Gasteiger partial charge in [0.25, 0.3) is 5.89 Å². The molecule has 1 aromatic heterocycles. The van der Waals surface area contributed by atoms with Gasteiger partial charge in [-0.05, 0) is 56.2 Å². The van der Waals surface area contributed by atoms with Crippen LogP contribution in [0.25, 0.3) is 17.0 Å². The van der Waals surface area contributed by atoms with E-state index < -0.39 is 6.04 Å². The predicted octanol–water partition coefficient (Wildman–Crippen LogP) is 6.28. The molecule has 0 spiro atoms. The highest BCUT2D eigenvalue weighted by molar-refractivity contribution is 5.86. The third kappa shape index (κ3) is 5.09. The van der Waals surface area contributed by atoms with Gasteiger partial charge in [-0.1, -0.05) is 59.3 Å². The lowest BCUT2D eigenvalue weighted by Gasteiger charge is -2.35. The van der Waals surface area contributed by atoms with Gasteiger partial charge in [0.1, 0.15) is 11.6 Å². The monoisotopic (exact) mass is 498 g/mol. The Balaban J connectivity index is 1.56. The maximum absolute atomic E-state index is 13.7. The lowest BCUT2D eigenvalue weighted by Crippen LogP contribution is -2.45. The second kappa shape index (κ2) is 10.3. The van der Waals surface area contributed by atoms with Crippen molar-refractivity contribution in [1.29, 1.82) is 0 Å². The lowest BCUT2D eigenvalue weighted by atomic mass is 9.94. The standard InChI is InChI=1S/C29H27FN4O3/c1-4-36-24-7-5-6-20(16-24)17-34-19(3)25(26(31-29(34)35)21-12-14-23(30)15-13-21)28-32-27(33-37-28)22-10-8-18(2)9-11-22/h5-16,26H,4,17H2,1-3H3,(H,31,35). The van der Waals surface area contributed by atoms with Gasteiger partial charge in [0.05, 0.1) is 24.8 Å². The van der Waals surface area contributed by atoms with Crippen molar-refractivity contribution in [2.45, 2.75) is 33.4 Å². The van der Waals surface area contributed by atoms with Crippen LogP contribution < -0.4 is 10.1 Å². The smallest absolute Gasteiger partial charge is 0.322 e. The highest BCUT2D eigenvalue weighted by atomic mass is 19.1. The number of hydrogen-bond acceptors (Lipinski definition) is 5. The molecule has 1 aliphatic rings. The van der Waals surface area contributed by atoms with E-state index in [1.807, 2.05) is 69.3 Å². The van der Waals surface area contributed by atoms with Crippen LogP contribution >= 0.6 is 0 Å². The lowest BCUT2D eigenvalue weighted by molar-refractivity contribution is 0.203. The number of aromatic nitrogens is 2. The van der Waals surface area contributed by atoms with Gasteiger partial charge in [0.2, 0.25) is 5.82 Å². The number of amides is 2. The maximum atomic E-state index is 13.7. The largest absolute Gasteiger partial charge is 0.494 e. The molecule has 188 valence electrons. The van der Waals surface area contributed by atoms with Crippen molar-refractivity contribution in [3.63, 3.8) is 0 Å². The first kappa shape index (κ1) is 24.2. The van der Waals surface area contributed by atoms with Gasteiger partial charge in [0.15, 0.2) is 0 Å². The van der Waals surface area contributed by atoms with Gasteiger partial charge in [-0.3, -0.25) is 4.90 Å². The summed E-state index contributed by atoms with van der Waals surface area (Å²) in [6.45, 7) is 6.66. The number of carbonyl (C=O) groups excluding carboxylic acids is 1. The van der Waals surface area contributed by atoms with E-state index in [1.54, 1.807) is 17.0 Å². The van der Waals surface area contributed by atoms with E-state index in [1.165, 1.54) is 12.1 Å². The molecule has 7 nitrogen and oxygen atoms in total. The van der Waals surface area contributed by atoms with Crippen LogP contribution in [0.15, 0.2) is 83.0 Å². The van der Waals surface area contributed by atoms with Crippen molar-refractivity contribution in [1.82, 2.24) is 20.4 Å². The van der Waals surface area contributed by atoms with E-state index in [2.05, 4.69) is 15.5 Å². The number of halogens is 1. The second-order valence-electron chi connectivity index (χ2n) is 8.89. The SMILES string of the molecule is CCOc1cccc(CN2C(=O)NC(c3ccc(F)cc3)C(c3nc(-c4ccc(C)cc4)no3)=C2C)c1. The van der Waals surface area contributed by atoms with E-state index in [0.29, 0.717) is 35.8 Å². The molecule has 2 heterocycles. The quantitative estimate of drug-likeness (QED) is 0.324. The van der Waals surface area contributed by atoms with Gasteiger partial charge >= 0.3 is 6.03 Å². The topological polar surface area (TPSA) is 80.5 Å². The summed E-state index contributed by atoms with van der Waals surface area (Å²) in [5, 5.41) is 7.25. The molecule has 0 saturated heterocycles. The summed E-state index contributed by atoms with van der Waals surface area (Å²) in [5.41, 5.74) is 4.88. The highest BCUT2D eigenvalue weighted by Crippen LogP contribution is 2.38. The molecule has 4 aromatic rings. The number of nitrogens with one attached hydrogen (secondary N) is 1. The molecule has 1 atom stereocenters. The van der Waals surface area contributed by atoms with Crippen LogP contribution in [0.4, 0.5) is 9.18 Å². The first-order valence-corrected chi connectivity index (χ1v) is 12.1. The van der Waals surface area contributed by atoms with Crippen molar-refractivity contribution in [2.75, 3.05) is 6.61 Å². The predicted molar refractivity (Wildman–Crippen MR) is 138 cm³/mol. The molecule has 2 amide bonds. The van der Waals surface area contributed by atoms with Crippen LogP contribution in [0.1, 0.15) is 42.5 Å². The number of allylic oxidation sites excluding steroid dienone is 1. The molecule has 1 N–H and O–H groups in total. The molecule has 0 bridgehead atoms. The fourth-order valence-electron chi connectivity index (χ4n) is 4.39. The number of nitrogens with zero attached hydrogens (tertiary/aromatic N) is 3. The average molecular weight is 499 g/mol. The van der Waals surface area contributed by atoms with Gasteiger partial charge in [-0.2, -0.15) is 4.98 Å². The Morgan fingerprint density at radius 2 is 1.81 bits per heavy atom. The van der Waals surface area contributed by atoms with Crippen molar-refractivity contribution in [2.24, 2.45) is 0 Å². The molecule has 1 aliphatic heterocycles. The average Bonchev–Trinajstić information content (AvgIpc) is 3.37. The van der Waals surface area contributed by atoms with E-state index in [-0.39, 0.29) is 17.7 Å². The van der Waals surface area contributed by atoms with Crippen LogP contribution in [-0.4, -0.2) is 27.7 Å². The summed E-state index contributed by atoms with van der Waals surface area (Å²) >= 11 is 0. The molecule has 0 aliphatic carbocycles. The van der Waals surface area contributed by atoms with E-state index in [4.69, 9.17) is 9.26 Å². The van der Waals surface area contributed by atoms with Crippen molar-refractivity contribution in [3.05, 3.63) is 107 Å². The summed E-state index contributed by atoms with van der Waals surface area (Å²) in [7, 11) is 0. The van der Waals surface area contributed by atoms with Crippen LogP contribution in [0.5, 0.6) is 5.75 Å². The van der Waals surface area contributed by atoms with E-state index >= 15 is 0 Å². The number of carbonyl (C=O) groups is 1. The molecule has 5 rings (SSSR count). The van der Waals surface area contributed by atoms with Gasteiger partial charge in [-0.15, -0.1) is 0 Å². The number of urea groups is 1. The summed E-state index contributed by atoms with van der Waals surface area (Å²) in [6.07, 6.45) is 0. The molecule has 0 fully saturated rings. The van der Waals surface area contributed by atoms with E-state index in [9.17, 15) is 9.18 Å². The zero-order chi connectivity index (χ0) is 25.9. The fraction of sp³-hybridized carbons (Fsp3) is 0.207. The van der Waals surface area contributed by atoms with Gasteiger partial charge in [-0.25, -0.2) is 9.18 Å². The molecule has 37 heavy (non-hydrogen) atoms. The summed E-state index contributed by atoms with van der Waals surface area (Å²) in [6, 6.07) is 20.6. The maximum Gasteiger partial charge on any atom is 0.322 e. The zero-order valence-electron chi connectivity index (χ0n) is 20.9. The Bertz CT molecular complexity index is 1440. The Morgan fingerprint density at radius 1 is 1.05 bits per heavy atom. The molecular weight excluding hydrogens is 471 g/mol. The Hall–Kier alpha value is -4.46. The summed E-state index contributed by atoms with van der Waals surface area (Å²) in [5.74, 6) is 1.11. The number of benzene rings is 3. The number of ether oxygens (including phenoxy) is 1. The van der Waals surface area contributed by atoms with Crippen molar-refractivity contribution < 1.29 is 18.4 Å². The minimum absolute atomic E-state index is 0.282. The van der Waals surface area contributed by atoms with E-state index in [0.717, 1.165) is 22.4 Å². The third-order valence-corrected chi connectivity index (χ3v) is 6.32. The first-order chi connectivity index (χ1) is 17.9. The molecule has 1 unspecified atom stereocenters. The molecule has 8 heteroatoms. The minimum atomic E-state index is -0.592. The first-order valence-electron chi connectivity index (χ1n) is 12.1. The van der Waals surface area contributed by atoms with Crippen LogP contribution in [0, 0.1) is 12.7 Å². The molecular formula is C29H27FN4O3. The number of aryl methyl sites for hydroxylation is 1. The Morgan fingerprint density at radius 3 is 2.54 bits per heavy atom. The summed E-state index contributed by atoms with van der Waals surface area (Å²) in [4.78, 5) is 19.6. The minimum Gasteiger partial charge on any atom is -0.494 e. The van der Waals surface area contributed by atoms with Crippen molar-refractivity contribution in [3.8, 4) is 17.1 Å². The Labute approximate surface area is 214 Å². The molecule has 0 radical (unpaired) electrons. The van der Waals surface area contributed by atoms with Crippen LogP contribution in [0.2, 0.25) is 0 Å². The van der Waals surface area contributed by atoms with Crippen molar-refractivity contribution >= 4 is 11.6 Å². The normalized spacial score (nSPS) is 15.6. The second-order valence-corrected chi connectivity index (χ2v) is 8.89. The van der Waals surface area contributed by atoms with Gasteiger partial charge in [0, 0.05) is 11.3 Å². The number of rotatable bonds is 7. The third-order valence-electron chi connectivity index (χ3n) is 6.32. The summed E-state index contributed by atoms with van der Waals surface area (Å²) < 4.78 is 25.0. The highest BCUT2D eigenvalue weighted by Gasteiger charge is 2.35.